The molecule has 1 heterocycles. The van der Waals surface area contributed by atoms with Crippen LogP contribution in [0.3, 0.4) is 0 Å². The molecule has 2 heteroatoms. The van der Waals surface area contributed by atoms with Gasteiger partial charge < -0.3 is 5.32 Å². The number of hydrogen-bond donors (Lipinski definition) is 1. The Balaban J connectivity index is 0.000000461. The van der Waals surface area contributed by atoms with Gasteiger partial charge in [0.2, 0.25) is 0 Å². The number of benzene rings is 1. The maximum atomic E-state index is 4.21. The first-order valence-electron chi connectivity index (χ1n) is 4.43. The highest BCUT2D eigenvalue weighted by atomic mass is 14.9. The van der Waals surface area contributed by atoms with E-state index in [9.17, 15) is 0 Å². The number of rotatable bonds is 1. The summed E-state index contributed by atoms with van der Waals surface area (Å²) in [7, 11) is 1.87. The Bertz CT molecular complexity index is 410. The van der Waals surface area contributed by atoms with Crippen LogP contribution in [-0.4, -0.2) is 12.0 Å². The fraction of sp³-hybridized carbons (Fsp3) is 0.0833. The van der Waals surface area contributed by atoms with Gasteiger partial charge in [-0.1, -0.05) is 24.3 Å². The van der Waals surface area contributed by atoms with Gasteiger partial charge in [-0.2, -0.15) is 0 Å². The molecule has 0 saturated heterocycles. The predicted octanol–water partition coefficient (Wildman–Crippen LogP) is 3.08. The smallest absolute Gasteiger partial charge is 0.126 e. The Hall–Kier alpha value is -1.83. The molecule has 1 N–H and O–H groups in total. The fourth-order valence-corrected chi connectivity index (χ4v) is 1.22. The molecule has 1 aromatic carbocycles. The molecule has 0 bridgehead atoms. The van der Waals surface area contributed by atoms with Crippen LogP contribution in [0, 0.1) is 0 Å². The molecule has 72 valence electrons. The van der Waals surface area contributed by atoms with E-state index in [1.54, 1.807) is 0 Å². The van der Waals surface area contributed by atoms with Gasteiger partial charge in [-0.25, -0.2) is 4.98 Å². The molecular weight excluding hydrogens is 172 g/mol. The number of nitrogens with zero attached hydrogens (tertiary/aromatic N) is 1. The van der Waals surface area contributed by atoms with E-state index in [2.05, 4.69) is 35.6 Å². The Morgan fingerprint density at radius 1 is 1.14 bits per heavy atom. The zero-order valence-corrected chi connectivity index (χ0v) is 8.33. The minimum Gasteiger partial charge on any atom is -0.373 e. The maximum absolute atomic E-state index is 4.21. The minimum atomic E-state index is 0.911. The third-order valence-electron chi connectivity index (χ3n) is 1.89. The summed E-state index contributed by atoms with van der Waals surface area (Å²) < 4.78 is 0. The van der Waals surface area contributed by atoms with Crippen LogP contribution in [0.5, 0.6) is 0 Å². The monoisotopic (exact) mass is 186 g/mol. The lowest BCUT2D eigenvalue weighted by Gasteiger charge is -2.00. The first kappa shape index (κ1) is 10.3. The predicted molar refractivity (Wildman–Crippen MR) is 62.5 cm³/mol. The van der Waals surface area contributed by atoms with Crippen molar-refractivity contribution in [1.82, 2.24) is 4.98 Å². The Kier molecular flexibility index (Phi) is 3.68. The van der Waals surface area contributed by atoms with Gasteiger partial charge in [0, 0.05) is 18.6 Å². The summed E-state index contributed by atoms with van der Waals surface area (Å²) in [6, 6.07) is 10.2. The van der Waals surface area contributed by atoms with Gasteiger partial charge in [-0.05, 0) is 11.5 Å². The normalized spacial score (nSPS) is 8.93. The van der Waals surface area contributed by atoms with E-state index in [4.69, 9.17) is 0 Å². The number of aromatic nitrogens is 1. The second-order valence-electron chi connectivity index (χ2n) is 2.67. The maximum Gasteiger partial charge on any atom is 0.126 e. The lowest BCUT2D eigenvalue weighted by atomic mass is 10.2. The Labute approximate surface area is 84.3 Å². The van der Waals surface area contributed by atoms with Gasteiger partial charge in [0.15, 0.2) is 0 Å². The fourth-order valence-electron chi connectivity index (χ4n) is 1.22. The molecular formula is C12H14N2. The molecule has 1 aromatic heterocycles. The van der Waals surface area contributed by atoms with Gasteiger partial charge >= 0.3 is 0 Å². The van der Waals surface area contributed by atoms with Crippen LogP contribution >= 0.6 is 0 Å². The summed E-state index contributed by atoms with van der Waals surface area (Å²) in [6.07, 6.45) is 1.88. The standard InChI is InChI=1S/C10H10N2.C2H4/c1-11-10-6-8-4-2-3-5-9(8)7-12-10;1-2/h2-7H,1H3,(H,11,12);1-2H2. The van der Waals surface area contributed by atoms with Crippen molar-refractivity contribution < 1.29 is 0 Å². The van der Waals surface area contributed by atoms with E-state index >= 15 is 0 Å². The first-order chi connectivity index (χ1) is 6.90. The molecule has 0 unspecified atom stereocenters. The first-order valence-corrected chi connectivity index (χ1v) is 4.43. The van der Waals surface area contributed by atoms with Crippen LogP contribution in [0.25, 0.3) is 10.8 Å². The van der Waals surface area contributed by atoms with E-state index in [-0.39, 0.29) is 0 Å². The van der Waals surface area contributed by atoms with Gasteiger partial charge in [-0.15, -0.1) is 13.2 Å². The van der Waals surface area contributed by atoms with Gasteiger partial charge in [0.25, 0.3) is 0 Å². The summed E-state index contributed by atoms with van der Waals surface area (Å²) >= 11 is 0. The third kappa shape index (κ3) is 2.10. The molecule has 2 nitrogen and oxygen atoms in total. The lowest BCUT2D eigenvalue weighted by Crippen LogP contribution is -1.90. The minimum absolute atomic E-state index is 0.911. The van der Waals surface area contributed by atoms with E-state index in [0.717, 1.165) is 5.82 Å². The van der Waals surface area contributed by atoms with Gasteiger partial charge in [-0.3, -0.25) is 0 Å². The largest absolute Gasteiger partial charge is 0.373 e. The second kappa shape index (κ2) is 5.02. The van der Waals surface area contributed by atoms with Crippen molar-refractivity contribution in [3.63, 3.8) is 0 Å². The molecule has 0 spiro atoms. The quantitative estimate of drug-likeness (QED) is 0.692. The van der Waals surface area contributed by atoms with Crippen LogP contribution in [0.4, 0.5) is 5.82 Å². The van der Waals surface area contributed by atoms with Crippen molar-refractivity contribution in [2.45, 2.75) is 0 Å². The van der Waals surface area contributed by atoms with Crippen LogP contribution in [0.15, 0.2) is 49.7 Å². The van der Waals surface area contributed by atoms with Crippen molar-refractivity contribution in [2.75, 3.05) is 12.4 Å². The lowest BCUT2D eigenvalue weighted by molar-refractivity contribution is 1.31. The van der Waals surface area contributed by atoms with Crippen molar-refractivity contribution in [3.8, 4) is 0 Å². The number of hydrogen-bond acceptors (Lipinski definition) is 2. The highest BCUT2D eigenvalue weighted by Crippen LogP contribution is 2.15. The van der Waals surface area contributed by atoms with E-state index in [1.165, 1.54) is 10.8 Å². The highest BCUT2D eigenvalue weighted by molar-refractivity contribution is 5.83. The Morgan fingerprint density at radius 3 is 2.43 bits per heavy atom. The molecule has 0 aliphatic carbocycles. The van der Waals surface area contributed by atoms with Gasteiger partial charge in [0.05, 0.1) is 0 Å². The van der Waals surface area contributed by atoms with E-state index < -0.39 is 0 Å². The topological polar surface area (TPSA) is 24.9 Å². The molecule has 14 heavy (non-hydrogen) atoms. The molecule has 0 amide bonds. The second-order valence-corrected chi connectivity index (χ2v) is 2.67. The molecule has 0 radical (unpaired) electrons. The highest BCUT2D eigenvalue weighted by Gasteiger charge is 1.93. The summed E-state index contributed by atoms with van der Waals surface area (Å²) in [5, 5.41) is 5.40. The van der Waals surface area contributed by atoms with Crippen molar-refractivity contribution >= 4 is 16.6 Å². The van der Waals surface area contributed by atoms with Crippen molar-refractivity contribution in [1.29, 1.82) is 0 Å². The van der Waals surface area contributed by atoms with Crippen LogP contribution in [0.1, 0.15) is 0 Å². The Morgan fingerprint density at radius 2 is 1.79 bits per heavy atom. The zero-order chi connectivity index (χ0) is 10.4. The number of pyridine rings is 1. The number of nitrogens with one attached hydrogen (secondary N) is 1. The molecule has 2 aromatic rings. The van der Waals surface area contributed by atoms with Crippen molar-refractivity contribution in [3.05, 3.63) is 49.7 Å². The van der Waals surface area contributed by atoms with Crippen LogP contribution in [-0.2, 0) is 0 Å². The van der Waals surface area contributed by atoms with Crippen molar-refractivity contribution in [2.24, 2.45) is 0 Å². The zero-order valence-electron chi connectivity index (χ0n) is 8.33. The molecule has 0 aliphatic heterocycles. The van der Waals surface area contributed by atoms with Gasteiger partial charge in [0.1, 0.15) is 5.82 Å². The summed E-state index contributed by atoms with van der Waals surface area (Å²) in [4.78, 5) is 4.21. The molecule has 0 fully saturated rings. The third-order valence-corrected chi connectivity index (χ3v) is 1.89. The van der Waals surface area contributed by atoms with E-state index in [0.29, 0.717) is 0 Å². The molecule has 0 atom stereocenters. The molecule has 2 rings (SSSR count). The average molecular weight is 186 g/mol. The van der Waals surface area contributed by atoms with E-state index in [1.807, 2.05) is 31.4 Å². The number of anilines is 1. The summed E-state index contributed by atoms with van der Waals surface area (Å²) in [6.45, 7) is 6.00. The number of fused-ring (bicyclic) bond motifs is 1. The van der Waals surface area contributed by atoms with Crippen LogP contribution < -0.4 is 5.32 Å². The SMILES string of the molecule is C=C.CNc1cc2ccccc2cn1. The van der Waals surface area contributed by atoms with Crippen LogP contribution in [0.2, 0.25) is 0 Å². The summed E-state index contributed by atoms with van der Waals surface area (Å²) in [5.41, 5.74) is 0. The summed E-state index contributed by atoms with van der Waals surface area (Å²) in [5.74, 6) is 0.911. The molecule has 0 aliphatic rings. The molecule has 0 saturated carbocycles. The average Bonchev–Trinajstić information content (AvgIpc) is 2.31.